The van der Waals surface area contributed by atoms with Gasteiger partial charge in [0.1, 0.15) is 17.5 Å². The molecule has 214 valence electrons. The summed E-state index contributed by atoms with van der Waals surface area (Å²) in [6, 6.07) is 14.6. The van der Waals surface area contributed by atoms with Gasteiger partial charge in [0.2, 0.25) is 5.72 Å². The molecule has 1 aliphatic carbocycles. The maximum atomic E-state index is 16.6. The van der Waals surface area contributed by atoms with Crippen molar-refractivity contribution in [3.8, 4) is 6.07 Å². The highest BCUT2D eigenvalue weighted by atomic mass is 35.5. The Kier molecular flexibility index (Phi) is 6.86. The quantitative estimate of drug-likeness (QED) is 0.333. The van der Waals surface area contributed by atoms with Gasteiger partial charge in [0, 0.05) is 35.6 Å². The van der Waals surface area contributed by atoms with Crippen molar-refractivity contribution < 1.29 is 24.1 Å². The second kappa shape index (κ2) is 10.3. The maximum Gasteiger partial charge on any atom is 0.257 e. The molecule has 9 nitrogen and oxygen atoms in total. The van der Waals surface area contributed by atoms with Gasteiger partial charge in [-0.15, -0.1) is 0 Å². The largest absolute Gasteiger partial charge is 0.393 e. The number of hydrogen-bond acceptors (Lipinski definition) is 7. The molecule has 2 aliphatic rings. The van der Waals surface area contributed by atoms with E-state index in [4.69, 9.17) is 16.3 Å². The minimum atomic E-state index is -1.74. The van der Waals surface area contributed by atoms with E-state index in [1.54, 1.807) is 49.6 Å². The van der Waals surface area contributed by atoms with E-state index in [1.165, 1.54) is 41.0 Å². The molecule has 2 atom stereocenters. The Hall–Kier alpha value is -4.14. The average molecular weight is 588 g/mol. The SMILES string of the molecule is Cn1cc(C(C)(O)c2cc(F)c3c(c2)C(=O)N(Cc2ccc(C#N)cn2)[C@@]3(O[C@H]2C[C@@H](O)C2)c2ccc(Cl)cc2)cn1. The second-order valence-corrected chi connectivity index (χ2v) is 11.3. The molecule has 6 rings (SSSR count). The zero-order valence-corrected chi connectivity index (χ0v) is 23.6. The van der Waals surface area contributed by atoms with Gasteiger partial charge in [-0.25, -0.2) is 4.39 Å². The summed E-state index contributed by atoms with van der Waals surface area (Å²) in [5, 5.41) is 35.3. The molecule has 2 aromatic heterocycles. The molecule has 42 heavy (non-hydrogen) atoms. The van der Waals surface area contributed by atoms with Crippen LogP contribution in [0.25, 0.3) is 0 Å². The third-order valence-corrected chi connectivity index (χ3v) is 8.28. The van der Waals surface area contributed by atoms with E-state index in [0.29, 0.717) is 40.2 Å². The molecule has 2 N–H and O–H groups in total. The van der Waals surface area contributed by atoms with E-state index >= 15 is 4.39 Å². The number of fused-ring (bicyclic) bond motifs is 1. The summed E-state index contributed by atoms with van der Waals surface area (Å²) in [6.45, 7) is 1.44. The Bertz CT molecular complexity index is 1710. The first-order valence-electron chi connectivity index (χ1n) is 13.4. The molecule has 0 spiro atoms. The van der Waals surface area contributed by atoms with Crippen molar-refractivity contribution in [2.45, 2.75) is 49.8 Å². The van der Waals surface area contributed by atoms with Crippen molar-refractivity contribution in [3.05, 3.63) is 117 Å². The van der Waals surface area contributed by atoms with Gasteiger partial charge < -0.3 is 14.9 Å². The first kappa shape index (κ1) is 28.0. The minimum Gasteiger partial charge on any atom is -0.393 e. The van der Waals surface area contributed by atoms with Crippen molar-refractivity contribution in [2.75, 3.05) is 0 Å². The summed E-state index contributed by atoms with van der Waals surface area (Å²) in [4.78, 5) is 20.1. The number of carbonyl (C=O) groups is 1. The number of pyridine rings is 1. The highest BCUT2D eigenvalue weighted by Crippen LogP contribution is 2.50. The predicted octanol–water partition coefficient (Wildman–Crippen LogP) is 4.13. The number of aromatic nitrogens is 3. The van der Waals surface area contributed by atoms with Crippen LogP contribution in [0.15, 0.2) is 67.1 Å². The highest BCUT2D eigenvalue weighted by molar-refractivity contribution is 6.30. The molecular weight excluding hydrogens is 561 g/mol. The summed E-state index contributed by atoms with van der Waals surface area (Å²) in [7, 11) is 1.71. The van der Waals surface area contributed by atoms with Gasteiger partial charge in [-0.05, 0) is 61.7 Å². The van der Waals surface area contributed by atoms with Crippen LogP contribution in [0.2, 0.25) is 5.02 Å². The van der Waals surface area contributed by atoms with Gasteiger partial charge in [0.05, 0.1) is 47.3 Å². The number of benzene rings is 2. The van der Waals surface area contributed by atoms with Gasteiger partial charge >= 0.3 is 0 Å². The first-order chi connectivity index (χ1) is 20.0. The maximum absolute atomic E-state index is 16.6. The fourth-order valence-electron chi connectivity index (χ4n) is 5.63. The molecule has 0 bridgehead atoms. The Morgan fingerprint density at radius 3 is 2.52 bits per heavy atom. The van der Waals surface area contributed by atoms with Crippen LogP contribution in [0.1, 0.15) is 63.6 Å². The van der Waals surface area contributed by atoms with Gasteiger partial charge in [-0.1, -0.05) is 23.7 Å². The van der Waals surface area contributed by atoms with E-state index < -0.39 is 35.3 Å². The zero-order chi connectivity index (χ0) is 29.8. The lowest BCUT2D eigenvalue weighted by Crippen LogP contribution is -2.51. The topological polar surface area (TPSA) is 125 Å². The van der Waals surface area contributed by atoms with Crippen LogP contribution in [0.5, 0.6) is 0 Å². The van der Waals surface area contributed by atoms with Crippen LogP contribution in [0.4, 0.5) is 4.39 Å². The third-order valence-electron chi connectivity index (χ3n) is 8.03. The molecule has 11 heteroatoms. The van der Waals surface area contributed by atoms with Crippen LogP contribution in [0.3, 0.4) is 0 Å². The average Bonchev–Trinajstić information content (AvgIpc) is 3.50. The Labute approximate surface area is 246 Å². The predicted molar refractivity (Wildman–Crippen MR) is 149 cm³/mol. The molecule has 3 heterocycles. The number of carbonyl (C=O) groups excluding carboxylic acids is 1. The highest BCUT2D eigenvalue weighted by Gasteiger charge is 2.56. The third kappa shape index (κ3) is 4.55. The molecule has 1 aliphatic heterocycles. The molecular formula is C31H27ClFN5O4. The van der Waals surface area contributed by atoms with E-state index in [9.17, 15) is 20.3 Å². The van der Waals surface area contributed by atoms with Crippen LogP contribution in [-0.2, 0) is 29.7 Å². The Balaban J connectivity index is 1.56. The van der Waals surface area contributed by atoms with Crippen molar-refractivity contribution in [1.82, 2.24) is 19.7 Å². The summed E-state index contributed by atoms with van der Waals surface area (Å²) in [6.07, 6.45) is 4.11. The summed E-state index contributed by atoms with van der Waals surface area (Å²) >= 11 is 6.21. The molecule has 1 saturated carbocycles. The Morgan fingerprint density at radius 1 is 1.19 bits per heavy atom. The number of ether oxygens (including phenoxy) is 1. The summed E-state index contributed by atoms with van der Waals surface area (Å²) in [5.74, 6) is -1.28. The lowest BCUT2D eigenvalue weighted by atomic mass is 9.85. The van der Waals surface area contributed by atoms with Gasteiger partial charge in [-0.3, -0.25) is 19.4 Å². The fraction of sp³-hybridized carbons (Fsp3) is 0.290. The standard InChI is InChI=1S/C31H27ClFN5O4/c1-30(41,21-15-36-37(2)16-21)20-9-26-28(27(33)10-20)31(42-25-11-24(39)12-25,19-4-6-22(32)7-5-19)38(29(26)40)17-23-8-3-18(13-34)14-35-23/h3-10,14-16,24-25,39,41H,11-12,17H2,1-2H3/t24-,25+,30?,31-/m1/s1. The lowest BCUT2D eigenvalue weighted by Gasteiger charge is -2.45. The molecule has 1 amide bonds. The van der Waals surface area contributed by atoms with Crippen molar-refractivity contribution in [1.29, 1.82) is 5.26 Å². The second-order valence-electron chi connectivity index (χ2n) is 10.9. The molecule has 0 radical (unpaired) electrons. The van der Waals surface area contributed by atoms with Crippen molar-refractivity contribution >= 4 is 17.5 Å². The monoisotopic (exact) mass is 587 g/mol. The number of aryl methyl sites for hydroxylation is 1. The van der Waals surface area contributed by atoms with Crippen LogP contribution in [0, 0.1) is 17.1 Å². The minimum absolute atomic E-state index is 0.00408. The zero-order valence-electron chi connectivity index (χ0n) is 22.8. The van der Waals surface area contributed by atoms with Crippen LogP contribution >= 0.6 is 11.6 Å². The number of nitrogens with zero attached hydrogens (tertiary/aromatic N) is 5. The van der Waals surface area contributed by atoms with Gasteiger partial charge in [0.15, 0.2) is 0 Å². The molecule has 2 aromatic carbocycles. The number of hydrogen-bond donors (Lipinski definition) is 2. The first-order valence-corrected chi connectivity index (χ1v) is 13.8. The number of amides is 1. The molecule has 1 fully saturated rings. The van der Waals surface area contributed by atoms with E-state index in [0.717, 1.165) is 0 Å². The van der Waals surface area contributed by atoms with E-state index in [1.807, 2.05) is 6.07 Å². The van der Waals surface area contributed by atoms with E-state index in [-0.39, 0.29) is 23.2 Å². The van der Waals surface area contributed by atoms with Crippen LogP contribution < -0.4 is 0 Å². The normalized spacial score (nSPS) is 22.8. The van der Waals surface area contributed by atoms with Crippen LogP contribution in [-0.4, -0.2) is 48.0 Å². The Morgan fingerprint density at radius 2 is 1.93 bits per heavy atom. The molecule has 1 unspecified atom stereocenters. The van der Waals surface area contributed by atoms with E-state index in [2.05, 4.69) is 10.1 Å². The number of halogens is 2. The number of rotatable bonds is 7. The summed E-state index contributed by atoms with van der Waals surface area (Å²) in [5.41, 5.74) is -1.51. The molecule has 0 saturated heterocycles. The number of nitriles is 1. The number of aliphatic hydroxyl groups is 2. The fourth-order valence-corrected chi connectivity index (χ4v) is 5.76. The van der Waals surface area contributed by atoms with Gasteiger partial charge in [-0.2, -0.15) is 10.4 Å². The van der Waals surface area contributed by atoms with Gasteiger partial charge in [0.25, 0.3) is 5.91 Å². The molecule has 4 aromatic rings. The summed E-state index contributed by atoms with van der Waals surface area (Å²) < 4.78 is 24.8. The lowest BCUT2D eigenvalue weighted by molar-refractivity contribution is -0.191. The van der Waals surface area contributed by atoms with Crippen molar-refractivity contribution in [3.63, 3.8) is 0 Å². The smallest absolute Gasteiger partial charge is 0.257 e. The van der Waals surface area contributed by atoms with Crippen molar-refractivity contribution in [2.24, 2.45) is 7.05 Å². The number of aliphatic hydroxyl groups excluding tert-OH is 1.